The Hall–Kier alpha value is -1.10. The second-order valence-electron chi connectivity index (χ2n) is 3.89. The first kappa shape index (κ1) is 10.4. The van der Waals surface area contributed by atoms with Crippen molar-refractivity contribution in [2.75, 3.05) is 18.3 Å². The predicted octanol–water partition coefficient (Wildman–Crippen LogP) is 1.85. The Labute approximate surface area is 89.1 Å². The van der Waals surface area contributed by atoms with E-state index in [0.29, 0.717) is 5.92 Å². The molecule has 0 spiro atoms. The van der Waals surface area contributed by atoms with E-state index in [2.05, 4.69) is 5.32 Å². The Morgan fingerprint density at radius 3 is 2.33 bits per heavy atom. The zero-order valence-corrected chi connectivity index (χ0v) is 8.52. The van der Waals surface area contributed by atoms with Crippen molar-refractivity contribution in [1.29, 1.82) is 0 Å². The third-order valence-corrected chi connectivity index (χ3v) is 2.92. The third kappa shape index (κ3) is 2.47. The zero-order chi connectivity index (χ0) is 10.7. The van der Waals surface area contributed by atoms with Crippen LogP contribution < -0.4 is 10.5 Å². The van der Waals surface area contributed by atoms with Crippen LogP contribution in [0.4, 0.5) is 5.69 Å². The Balaban J connectivity index is 2.08. The molecule has 0 amide bonds. The number of anilines is 1. The van der Waals surface area contributed by atoms with E-state index in [4.69, 9.17) is 5.21 Å². The maximum Gasteiger partial charge on any atom is 0.0508 e. The predicted molar refractivity (Wildman–Crippen MR) is 58.9 cm³/mol. The summed E-state index contributed by atoms with van der Waals surface area (Å²) >= 11 is 0. The SMILES string of the molecule is [O-]N(O)c1ccc(C2CCNCC2)cc1. The number of rotatable bonds is 2. The van der Waals surface area contributed by atoms with Gasteiger partial charge in [-0.05, 0) is 49.5 Å². The lowest BCUT2D eigenvalue weighted by Gasteiger charge is -2.25. The minimum Gasteiger partial charge on any atom is -0.733 e. The summed E-state index contributed by atoms with van der Waals surface area (Å²) < 4.78 is 0. The van der Waals surface area contributed by atoms with E-state index in [9.17, 15) is 5.21 Å². The van der Waals surface area contributed by atoms with Crippen molar-refractivity contribution in [1.82, 2.24) is 5.32 Å². The van der Waals surface area contributed by atoms with Gasteiger partial charge in [0.25, 0.3) is 0 Å². The summed E-state index contributed by atoms with van der Waals surface area (Å²) in [4.78, 5) is 0. The molecule has 1 heterocycles. The molecule has 1 saturated heterocycles. The molecular weight excluding hydrogens is 192 g/mol. The van der Waals surface area contributed by atoms with Crippen LogP contribution in [0.25, 0.3) is 0 Å². The Morgan fingerprint density at radius 2 is 1.80 bits per heavy atom. The molecule has 1 fully saturated rings. The third-order valence-electron chi connectivity index (χ3n) is 2.92. The van der Waals surface area contributed by atoms with E-state index < -0.39 is 0 Å². The molecule has 0 radical (unpaired) electrons. The van der Waals surface area contributed by atoms with Crippen LogP contribution in [0.2, 0.25) is 0 Å². The van der Waals surface area contributed by atoms with E-state index in [0.717, 1.165) is 25.9 Å². The van der Waals surface area contributed by atoms with E-state index in [1.54, 1.807) is 12.1 Å². The number of nitrogens with one attached hydrogen (secondary N) is 1. The fourth-order valence-corrected chi connectivity index (χ4v) is 2.03. The first-order valence-corrected chi connectivity index (χ1v) is 5.24. The molecule has 1 aromatic carbocycles. The molecule has 2 rings (SSSR count). The molecule has 0 aliphatic carbocycles. The van der Waals surface area contributed by atoms with Gasteiger partial charge in [0.15, 0.2) is 0 Å². The van der Waals surface area contributed by atoms with Gasteiger partial charge in [-0.2, -0.15) is 0 Å². The van der Waals surface area contributed by atoms with Gasteiger partial charge >= 0.3 is 0 Å². The zero-order valence-electron chi connectivity index (χ0n) is 8.52. The highest BCUT2D eigenvalue weighted by atomic mass is 16.8. The summed E-state index contributed by atoms with van der Waals surface area (Å²) in [5, 5.41) is 22.5. The maximum absolute atomic E-state index is 10.6. The molecule has 82 valence electrons. The number of hydrogen-bond donors (Lipinski definition) is 2. The van der Waals surface area contributed by atoms with Gasteiger partial charge in [-0.3, -0.25) is 5.21 Å². The van der Waals surface area contributed by atoms with Gasteiger partial charge in [0.1, 0.15) is 0 Å². The van der Waals surface area contributed by atoms with Crippen LogP contribution in [0.1, 0.15) is 24.3 Å². The van der Waals surface area contributed by atoms with Crippen LogP contribution in [0.5, 0.6) is 0 Å². The van der Waals surface area contributed by atoms with Crippen LogP contribution in [0, 0.1) is 5.21 Å². The minimum absolute atomic E-state index is 0.105. The lowest BCUT2D eigenvalue weighted by molar-refractivity contribution is 0.296. The summed E-state index contributed by atoms with van der Waals surface area (Å²) in [7, 11) is 0. The van der Waals surface area contributed by atoms with Gasteiger partial charge in [-0.15, -0.1) is 0 Å². The van der Waals surface area contributed by atoms with Gasteiger partial charge in [0.05, 0.1) is 5.69 Å². The first-order chi connectivity index (χ1) is 7.27. The highest BCUT2D eigenvalue weighted by molar-refractivity contribution is 5.46. The number of hydrogen-bond acceptors (Lipinski definition) is 4. The van der Waals surface area contributed by atoms with Crippen molar-refractivity contribution in [3.63, 3.8) is 0 Å². The summed E-state index contributed by atoms with van der Waals surface area (Å²) in [6, 6.07) is 7.16. The molecule has 0 unspecified atom stereocenters. The number of benzene rings is 1. The quantitative estimate of drug-likeness (QED) is 0.726. The van der Waals surface area contributed by atoms with Gasteiger partial charge in [0.2, 0.25) is 0 Å². The molecular formula is C11H15N2O2-. The average Bonchev–Trinajstić information content (AvgIpc) is 2.30. The van der Waals surface area contributed by atoms with Gasteiger partial charge < -0.3 is 15.8 Å². The normalized spacial score (nSPS) is 17.7. The second kappa shape index (κ2) is 4.61. The fourth-order valence-electron chi connectivity index (χ4n) is 2.03. The van der Waals surface area contributed by atoms with Crippen LogP contribution in [-0.4, -0.2) is 18.3 Å². The molecule has 0 bridgehead atoms. The van der Waals surface area contributed by atoms with Crippen molar-refractivity contribution >= 4 is 5.69 Å². The van der Waals surface area contributed by atoms with Crippen LogP contribution >= 0.6 is 0 Å². The molecule has 1 aliphatic rings. The molecule has 0 aromatic heterocycles. The molecule has 2 N–H and O–H groups in total. The monoisotopic (exact) mass is 207 g/mol. The summed E-state index contributed by atoms with van der Waals surface area (Å²) in [5.74, 6) is 0.582. The van der Waals surface area contributed by atoms with Gasteiger partial charge in [0, 0.05) is 0 Å². The minimum atomic E-state index is -0.105. The maximum atomic E-state index is 10.6. The molecule has 1 aliphatic heterocycles. The highest BCUT2D eigenvalue weighted by Crippen LogP contribution is 2.26. The summed E-state index contributed by atoms with van der Waals surface area (Å²) in [6.45, 7) is 2.11. The number of piperidine rings is 1. The second-order valence-corrected chi connectivity index (χ2v) is 3.89. The van der Waals surface area contributed by atoms with Crippen LogP contribution in [0.15, 0.2) is 24.3 Å². The first-order valence-electron chi connectivity index (χ1n) is 5.24. The van der Waals surface area contributed by atoms with E-state index in [1.807, 2.05) is 12.1 Å². The molecule has 4 nitrogen and oxygen atoms in total. The topological polar surface area (TPSA) is 58.6 Å². The van der Waals surface area contributed by atoms with Crippen molar-refractivity contribution in [3.05, 3.63) is 35.0 Å². The summed E-state index contributed by atoms with van der Waals surface area (Å²) in [5.41, 5.74) is 1.54. The van der Waals surface area contributed by atoms with Crippen molar-refractivity contribution in [2.45, 2.75) is 18.8 Å². The number of nitrogens with zero attached hydrogens (tertiary/aromatic N) is 1. The Bertz CT molecular complexity index is 305. The van der Waals surface area contributed by atoms with Crippen molar-refractivity contribution in [3.8, 4) is 0 Å². The largest absolute Gasteiger partial charge is 0.733 e. The average molecular weight is 207 g/mol. The Kier molecular flexibility index (Phi) is 3.20. The fraction of sp³-hybridized carbons (Fsp3) is 0.455. The smallest absolute Gasteiger partial charge is 0.0508 e. The van der Waals surface area contributed by atoms with Crippen molar-refractivity contribution < 1.29 is 5.21 Å². The van der Waals surface area contributed by atoms with Crippen molar-refractivity contribution in [2.24, 2.45) is 0 Å². The lowest BCUT2D eigenvalue weighted by atomic mass is 9.90. The molecule has 4 heteroatoms. The van der Waals surface area contributed by atoms with Crippen LogP contribution in [-0.2, 0) is 0 Å². The molecule has 15 heavy (non-hydrogen) atoms. The summed E-state index contributed by atoms with van der Waals surface area (Å²) in [6.07, 6.45) is 2.28. The standard InChI is InChI=1S/C11H15N2O2/c14-13(15)11-3-1-9(2-4-11)10-5-7-12-8-6-10/h1-4,10,12,14H,5-8H2/q-1. The lowest BCUT2D eigenvalue weighted by Crippen LogP contribution is -2.26. The van der Waals surface area contributed by atoms with Gasteiger partial charge in [-0.1, -0.05) is 12.1 Å². The van der Waals surface area contributed by atoms with Gasteiger partial charge in [-0.25, -0.2) is 0 Å². The highest BCUT2D eigenvalue weighted by Gasteiger charge is 2.14. The Morgan fingerprint density at radius 1 is 1.20 bits per heavy atom. The molecule has 0 saturated carbocycles. The van der Waals surface area contributed by atoms with Crippen LogP contribution in [0.3, 0.4) is 0 Å². The van der Waals surface area contributed by atoms with E-state index in [-0.39, 0.29) is 10.9 Å². The molecule has 1 aromatic rings. The molecule has 0 atom stereocenters. The van der Waals surface area contributed by atoms with E-state index >= 15 is 0 Å². The van der Waals surface area contributed by atoms with E-state index in [1.165, 1.54) is 5.56 Å².